The van der Waals surface area contributed by atoms with Crippen molar-refractivity contribution >= 4 is 27.7 Å². The summed E-state index contributed by atoms with van der Waals surface area (Å²) < 4.78 is 1.02. The molecule has 0 saturated carbocycles. The molecule has 3 aromatic carbocycles. The maximum atomic E-state index is 9.95. The first kappa shape index (κ1) is 19.4. The van der Waals surface area contributed by atoms with E-state index < -0.39 is 0 Å². The molecule has 0 aliphatic heterocycles. The van der Waals surface area contributed by atoms with E-state index in [0.29, 0.717) is 5.56 Å². The maximum absolute atomic E-state index is 9.95. The Bertz CT molecular complexity index is 1150. The van der Waals surface area contributed by atoms with Crippen LogP contribution in [0.1, 0.15) is 11.1 Å². The van der Waals surface area contributed by atoms with Gasteiger partial charge in [-0.1, -0.05) is 88.7 Å². The summed E-state index contributed by atoms with van der Waals surface area (Å²) in [5, 5.41) is 10.7. The molecule has 1 aromatic heterocycles. The molecule has 0 saturated heterocycles. The van der Waals surface area contributed by atoms with Gasteiger partial charge in [0.15, 0.2) is 0 Å². The van der Waals surface area contributed by atoms with Crippen molar-refractivity contribution in [1.29, 1.82) is 5.26 Å². The Balaban J connectivity index is 1.82. The summed E-state index contributed by atoms with van der Waals surface area (Å²) in [4.78, 5) is 4.87. The van der Waals surface area contributed by atoms with Crippen molar-refractivity contribution < 1.29 is 0 Å². The smallest absolute Gasteiger partial charge is 0.115 e. The lowest BCUT2D eigenvalue weighted by molar-refractivity contribution is 1.12. The van der Waals surface area contributed by atoms with Gasteiger partial charge in [-0.15, -0.1) is 11.8 Å². The van der Waals surface area contributed by atoms with Gasteiger partial charge in [-0.3, -0.25) is 0 Å². The quantitative estimate of drug-likeness (QED) is 0.294. The molecule has 2 nitrogen and oxygen atoms in total. The first-order valence-corrected chi connectivity index (χ1v) is 11.0. The predicted octanol–water partition coefficient (Wildman–Crippen LogP) is 7.34. The van der Waals surface area contributed by atoms with Crippen LogP contribution in [0, 0.1) is 11.3 Å². The second-order valence-corrected chi connectivity index (χ2v) is 8.37. The van der Waals surface area contributed by atoms with Gasteiger partial charge in [-0.25, -0.2) is 4.98 Å². The zero-order chi connectivity index (χ0) is 20.1. The summed E-state index contributed by atoms with van der Waals surface area (Å²) in [5.41, 5.74) is 5.65. The molecule has 140 valence electrons. The normalized spacial score (nSPS) is 10.5. The number of nitriles is 1. The molecule has 0 bridgehead atoms. The van der Waals surface area contributed by atoms with Crippen molar-refractivity contribution in [2.24, 2.45) is 0 Å². The summed E-state index contributed by atoms with van der Waals surface area (Å²) in [7, 11) is 0. The molecular weight excluding hydrogens is 440 g/mol. The molecule has 4 aromatic rings. The molecular formula is C25H17BrN2S. The van der Waals surface area contributed by atoms with E-state index in [2.05, 4.69) is 34.1 Å². The molecule has 1 heterocycles. The second-order valence-electron chi connectivity index (χ2n) is 6.49. The molecule has 0 aliphatic rings. The highest BCUT2D eigenvalue weighted by Gasteiger charge is 2.16. The van der Waals surface area contributed by atoms with Crippen LogP contribution in [-0.2, 0) is 5.75 Å². The molecule has 0 spiro atoms. The first-order chi connectivity index (χ1) is 14.2. The van der Waals surface area contributed by atoms with E-state index in [1.54, 1.807) is 11.8 Å². The van der Waals surface area contributed by atoms with Gasteiger partial charge in [0.25, 0.3) is 0 Å². The molecule has 0 fully saturated rings. The average molecular weight is 457 g/mol. The summed E-state index contributed by atoms with van der Waals surface area (Å²) in [5.74, 6) is 0.764. The Morgan fingerprint density at radius 2 is 1.48 bits per heavy atom. The summed E-state index contributed by atoms with van der Waals surface area (Å²) in [6.07, 6.45) is 0. The van der Waals surface area contributed by atoms with Crippen molar-refractivity contribution in [2.75, 3.05) is 0 Å². The van der Waals surface area contributed by atoms with Gasteiger partial charge in [0.2, 0.25) is 0 Å². The Hall–Kier alpha value is -2.87. The lowest BCUT2D eigenvalue weighted by Crippen LogP contribution is -1.96. The molecule has 0 N–H and O–H groups in total. The highest BCUT2D eigenvalue weighted by Crippen LogP contribution is 2.35. The topological polar surface area (TPSA) is 36.7 Å². The van der Waals surface area contributed by atoms with Crippen LogP contribution in [0.4, 0.5) is 0 Å². The van der Waals surface area contributed by atoms with E-state index in [1.807, 2.05) is 78.9 Å². The second kappa shape index (κ2) is 9.09. The monoisotopic (exact) mass is 456 g/mol. The fourth-order valence-corrected chi connectivity index (χ4v) is 4.30. The van der Waals surface area contributed by atoms with Gasteiger partial charge in [0.05, 0.1) is 11.3 Å². The van der Waals surface area contributed by atoms with E-state index in [0.717, 1.165) is 37.6 Å². The van der Waals surface area contributed by atoms with Crippen LogP contribution >= 0.6 is 27.7 Å². The molecule has 0 aliphatic carbocycles. The Morgan fingerprint density at radius 1 is 0.828 bits per heavy atom. The van der Waals surface area contributed by atoms with Crippen LogP contribution in [0.25, 0.3) is 22.4 Å². The fraction of sp³-hybridized carbons (Fsp3) is 0.0400. The molecule has 0 radical (unpaired) electrons. The van der Waals surface area contributed by atoms with E-state index in [4.69, 9.17) is 4.98 Å². The summed E-state index contributed by atoms with van der Waals surface area (Å²) >= 11 is 5.09. The number of nitrogens with zero attached hydrogens (tertiary/aromatic N) is 2. The van der Waals surface area contributed by atoms with Crippen LogP contribution in [0.15, 0.2) is 100 Å². The van der Waals surface area contributed by atoms with Crippen molar-refractivity contribution in [2.45, 2.75) is 10.8 Å². The zero-order valence-corrected chi connectivity index (χ0v) is 18.0. The number of hydrogen-bond donors (Lipinski definition) is 0. The standard InChI is InChI=1S/C25H17BrN2S/c26-21-13-11-20(12-14-21)24-15-22(19-9-5-2-6-10-19)23(16-27)25(28-24)29-17-18-7-3-1-4-8-18/h1-15H,17H2. The number of thioether (sulfide) groups is 1. The Kier molecular flexibility index (Phi) is 6.09. The minimum absolute atomic E-state index is 0.623. The van der Waals surface area contributed by atoms with Crippen LogP contribution in [0.5, 0.6) is 0 Å². The van der Waals surface area contributed by atoms with E-state index in [1.165, 1.54) is 5.56 Å². The van der Waals surface area contributed by atoms with Crippen molar-refractivity contribution in [1.82, 2.24) is 4.98 Å². The highest BCUT2D eigenvalue weighted by molar-refractivity contribution is 9.10. The summed E-state index contributed by atoms with van der Waals surface area (Å²) in [6, 6.07) is 32.8. The Labute approximate surface area is 183 Å². The number of aromatic nitrogens is 1. The lowest BCUT2D eigenvalue weighted by atomic mass is 9.99. The van der Waals surface area contributed by atoms with Gasteiger partial charge >= 0.3 is 0 Å². The minimum atomic E-state index is 0.623. The largest absolute Gasteiger partial charge is 0.240 e. The lowest BCUT2D eigenvalue weighted by Gasteiger charge is -2.13. The molecule has 0 atom stereocenters. The molecule has 4 rings (SSSR count). The van der Waals surface area contributed by atoms with Gasteiger partial charge in [-0.2, -0.15) is 5.26 Å². The SMILES string of the molecule is N#Cc1c(-c2ccccc2)cc(-c2ccc(Br)cc2)nc1SCc1ccccc1. The van der Waals surface area contributed by atoms with E-state index in [-0.39, 0.29) is 0 Å². The fourth-order valence-electron chi connectivity index (χ4n) is 3.07. The van der Waals surface area contributed by atoms with Crippen LogP contribution in [-0.4, -0.2) is 4.98 Å². The highest BCUT2D eigenvalue weighted by atomic mass is 79.9. The van der Waals surface area contributed by atoms with Crippen molar-refractivity contribution in [3.8, 4) is 28.5 Å². The first-order valence-electron chi connectivity index (χ1n) is 9.18. The average Bonchev–Trinajstić information content (AvgIpc) is 2.79. The Morgan fingerprint density at radius 3 is 2.14 bits per heavy atom. The predicted molar refractivity (Wildman–Crippen MR) is 124 cm³/mol. The van der Waals surface area contributed by atoms with Crippen LogP contribution in [0.2, 0.25) is 0 Å². The number of benzene rings is 3. The van der Waals surface area contributed by atoms with Crippen LogP contribution in [0.3, 0.4) is 0 Å². The third kappa shape index (κ3) is 4.59. The molecule has 4 heteroatoms. The number of pyridine rings is 1. The third-order valence-electron chi connectivity index (χ3n) is 4.54. The molecule has 29 heavy (non-hydrogen) atoms. The van der Waals surface area contributed by atoms with E-state index >= 15 is 0 Å². The maximum Gasteiger partial charge on any atom is 0.115 e. The number of halogens is 1. The molecule has 0 amide bonds. The van der Waals surface area contributed by atoms with Gasteiger partial charge in [0, 0.05) is 21.4 Å². The molecule has 0 unspecified atom stereocenters. The minimum Gasteiger partial charge on any atom is -0.240 e. The van der Waals surface area contributed by atoms with Gasteiger partial charge in [0.1, 0.15) is 11.1 Å². The zero-order valence-electron chi connectivity index (χ0n) is 15.5. The van der Waals surface area contributed by atoms with Crippen molar-refractivity contribution in [3.05, 3.63) is 107 Å². The van der Waals surface area contributed by atoms with Gasteiger partial charge in [-0.05, 0) is 29.3 Å². The van der Waals surface area contributed by atoms with E-state index in [9.17, 15) is 5.26 Å². The van der Waals surface area contributed by atoms with Crippen LogP contribution < -0.4 is 0 Å². The number of hydrogen-bond acceptors (Lipinski definition) is 3. The third-order valence-corrected chi connectivity index (χ3v) is 6.12. The summed E-state index contributed by atoms with van der Waals surface area (Å²) in [6.45, 7) is 0. The van der Waals surface area contributed by atoms with Gasteiger partial charge < -0.3 is 0 Å². The van der Waals surface area contributed by atoms with Crippen molar-refractivity contribution in [3.63, 3.8) is 0 Å². The number of rotatable bonds is 5.